The molecular formula is C32H50O4. The van der Waals surface area contributed by atoms with Gasteiger partial charge in [-0.25, -0.2) is 0 Å². The third-order valence-corrected chi connectivity index (χ3v) is 13.3. The van der Waals surface area contributed by atoms with Crippen molar-refractivity contribution in [2.75, 3.05) is 0 Å². The molecule has 4 heteroatoms. The van der Waals surface area contributed by atoms with E-state index in [2.05, 4.69) is 54.5 Å². The Kier molecular flexibility index (Phi) is 5.74. The Balaban J connectivity index is 1.55. The zero-order chi connectivity index (χ0) is 26.5. The van der Waals surface area contributed by atoms with E-state index in [0.717, 1.165) is 57.8 Å². The Morgan fingerprint density at radius 1 is 0.889 bits per heavy atom. The van der Waals surface area contributed by atoms with Crippen molar-refractivity contribution >= 4 is 11.9 Å². The van der Waals surface area contributed by atoms with E-state index < -0.39 is 11.4 Å². The van der Waals surface area contributed by atoms with Gasteiger partial charge in [-0.15, -0.1) is 0 Å². The summed E-state index contributed by atoms with van der Waals surface area (Å²) in [6.07, 6.45) is 12.6. The molecule has 0 saturated heterocycles. The molecule has 4 saturated carbocycles. The summed E-state index contributed by atoms with van der Waals surface area (Å²) < 4.78 is 5.87. The summed E-state index contributed by atoms with van der Waals surface area (Å²) in [5.74, 6) is 0.546. The molecule has 0 unspecified atom stereocenters. The van der Waals surface area contributed by atoms with Gasteiger partial charge in [-0.3, -0.25) is 9.59 Å². The summed E-state index contributed by atoms with van der Waals surface area (Å²) in [6, 6.07) is 0. The Hall–Kier alpha value is -1.32. The Bertz CT molecular complexity index is 992. The van der Waals surface area contributed by atoms with E-state index >= 15 is 0 Å². The minimum atomic E-state index is -0.574. The van der Waals surface area contributed by atoms with E-state index in [1.165, 1.54) is 12.0 Å². The topological polar surface area (TPSA) is 63.6 Å². The fourth-order valence-corrected chi connectivity index (χ4v) is 11.0. The zero-order valence-corrected chi connectivity index (χ0v) is 24.1. The molecule has 5 aliphatic carbocycles. The lowest BCUT2D eigenvalue weighted by atomic mass is 9.33. The molecule has 202 valence electrons. The van der Waals surface area contributed by atoms with Crippen LogP contribution in [0.3, 0.4) is 0 Å². The number of carboxylic acid groups (broad SMARTS) is 1. The van der Waals surface area contributed by atoms with Gasteiger partial charge in [-0.1, -0.05) is 60.1 Å². The largest absolute Gasteiger partial charge is 0.481 e. The number of aliphatic carboxylic acids is 1. The molecule has 5 rings (SSSR count). The maximum atomic E-state index is 12.8. The number of hydrogen-bond donors (Lipinski definition) is 1. The summed E-state index contributed by atoms with van der Waals surface area (Å²) in [4.78, 5) is 24.7. The Morgan fingerprint density at radius 2 is 1.56 bits per heavy atom. The predicted octanol–water partition coefficient (Wildman–Crippen LogP) is 7.80. The van der Waals surface area contributed by atoms with Crippen molar-refractivity contribution < 1.29 is 19.4 Å². The van der Waals surface area contributed by atoms with E-state index in [-0.39, 0.29) is 45.1 Å². The molecule has 0 radical (unpaired) electrons. The molecule has 0 heterocycles. The fraction of sp³-hybridized carbons (Fsp3) is 0.875. The number of hydrogen-bond acceptors (Lipinski definition) is 3. The third kappa shape index (κ3) is 3.30. The van der Waals surface area contributed by atoms with Gasteiger partial charge in [-0.2, -0.15) is 0 Å². The van der Waals surface area contributed by atoms with Crippen LogP contribution in [0.1, 0.15) is 120 Å². The number of fused-ring (bicyclic) bond motifs is 7. The first kappa shape index (κ1) is 26.3. The normalized spacial score (nSPS) is 48.8. The average Bonchev–Trinajstić information content (AvgIpc) is 2.75. The van der Waals surface area contributed by atoms with Crippen LogP contribution in [-0.4, -0.2) is 23.1 Å². The molecule has 0 amide bonds. The summed E-state index contributed by atoms with van der Waals surface area (Å²) in [5, 5.41) is 10.5. The molecule has 0 bridgehead atoms. The molecule has 0 spiro atoms. The van der Waals surface area contributed by atoms with Gasteiger partial charge in [0, 0.05) is 12.3 Å². The van der Waals surface area contributed by atoms with Gasteiger partial charge in [0.2, 0.25) is 0 Å². The van der Waals surface area contributed by atoms with Crippen molar-refractivity contribution in [1.29, 1.82) is 0 Å². The third-order valence-electron chi connectivity index (χ3n) is 13.3. The van der Waals surface area contributed by atoms with E-state index in [1.54, 1.807) is 6.92 Å². The predicted molar refractivity (Wildman–Crippen MR) is 142 cm³/mol. The zero-order valence-electron chi connectivity index (χ0n) is 24.1. The molecule has 0 aromatic heterocycles. The van der Waals surface area contributed by atoms with Gasteiger partial charge in [-0.05, 0) is 104 Å². The molecular weight excluding hydrogens is 448 g/mol. The van der Waals surface area contributed by atoms with E-state index in [1.807, 2.05) is 0 Å². The van der Waals surface area contributed by atoms with Crippen LogP contribution >= 0.6 is 0 Å². The SMILES string of the molecule is CC(=O)O[C@@H]1CC[C@@]2(C)[C@@H](CC[C@]3(C)[C@H]2CC=C2[C@@H]4CC(C)(C)CC[C@]4(C(=O)O)CC[C@]23C)C1(C)C. The summed E-state index contributed by atoms with van der Waals surface area (Å²) >= 11 is 0. The molecule has 4 fully saturated rings. The van der Waals surface area contributed by atoms with Crippen LogP contribution in [0.2, 0.25) is 0 Å². The first-order valence-corrected chi connectivity index (χ1v) is 14.6. The smallest absolute Gasteiger partial charge is 0.310 e. The van der Waals surface area contributed by atoms with E-state index in [0.29, 0.717) is 11.8 Å². The number of carbonyl (C=O) groups excluding carboxylic acids is 1. The quantitative estimate of drug-likeness (QED) is 0.311. The number of ether oxygens (including phenoxy) is 1. The molecule has 8 atom stereocenters. The van der Waals surface area contributed by atoms with Crippen molar-refractivity contribution in [3.8, 4) is 0 Å². The molecule has 0 aromatic carbocycles. The van der Waals surface area contributed by atoms with E-state index in [9.17, 15) is 14.7 Å². The molecule has 36 heavy (non-hydrogen) atoms. The van der Waals surface area contributed by atoms with Crippen LogP contribution in [-0.2, 0) is 14.3 Å². The van der Waals surface area contributed by atoms with E-state index in [4.69, 9.17) is 4.74 Å². The standard InChI is InChI=1S/C32H50O4/c1-20(33)36-25-12-13-29(6)23(28(25,4)5)11-14-31(8)24(29)10-9-21-22-19-27(2,3)15-17-32(22,26(34)35)18-16-30(21,31)7/h9,22-25H,10-19H2,1-8H3,(H,34,35)/t22-,23-,24-,25+,29-,30+,31+,32-/m0/s1. The van der Waals surface area contributed by atoms with Crippen molar-refractivity contribution in [3.05, 3.63) is 11.6 Å². The molecule has 5 aliphatic rings. The van der Waals surface area contributed by atoms with Crippen molar-refractivity contribution in [2.45, 2.75) is 126 Å². The minimum Gasteiger partial charge on any atom is -0.481 e. The maximum Gasteiger partial charge on any atom is 0.310 e. The molecule has 4 nitrogen and oxygen atoms in total. The van der Waals surface area contributed by atoms with Crippen molar-refractivity contribution in [1.82, 2.24) is 0 Å². The highest BCUT2D eigenvalue weighted by Gasteiger charge is 2.69. The van der Waals surface area contributed by atoms with Crippen LogP contribution < -0.4 is 0 Å². The van der Waals surface area contributed by atoms with Gasteiger partial charge in [0.05, 0.1) is 5.41 Å². The van der Waals surface area contributed by atoms with Crippen LogP contribution in [0.15, 0.2) is 11.6 Å². The number of esters is 1. The Labute approximate surface area is 219 Å². The highest BCUT2D eigenvalue weighted by Crippen LogP contribution is 2.75. The number of carbonyl (C=O) groups is 2. The Morgan fingerprint density at radius 3 is 2.19 bits per heavy atom. The number of rotatable bonds is 2. The minimum absolute atomic E-state index is 0.00181. The lowest BCUT2D eigenvalue weighted by molar-refractivity contribution is -0.213. The maximum absolute atomic E-state index is 12.8. The van der Waals surface area contributed by atoms with Gasteiger partial charge >= 0.3 is 11.9 Å². The second kappa shape index (κ2) is 7.85. The highest BCUT2D eigenvalue weighted by molar-refractivity contribution is 5.76. The summed E-state index contributed by atoms with van der Waals surface area (Å²) in [5.41, 5.74) is 1.50. The first-order valence-electron chi connectivity index (χ1n) is 14.6. The molecule has 0 aromatic rings. The van der Waals surface area contributed by atoms with Crippen LogP contribution in [0.5, 0.6) is 0 Å². The molecule has 1 N–H and O–H groups in total. The summed E-state index contributed by atoms with van der Waals surface area (Å²) in [7, 11) is 0. The second-order valence-corrected chi connectivity index (χ2v) is 15.6. The lowest BCUT2D eigenvalue weighted by Crippen LogP contribution is -2.65. The average molecular weight is 499 g/mol. The van der Waals surface area contributed by atoms with Crippen molar-refractivity contribution in [2.24, 2.45) is 50.2 Å². The summed E-state index contributed by atoms with van der Waals surface area (Å²) in [6.45, 7) is 18.5. The van der Waals surface area contributed by atoms with Gasteiger partial charge in [0.1, 0.15) is 6.10 Å². The lowest BCUT2D eigenvalue weighted by Gasteiger charge is -2.71. The van der Waals surface area contributed by atoms with Gasteiger partial charge < -0.3 is 9.84 Å². The molecule has 0 aliphatic heterocycles. The van der Waals surface area contributed by atoms with Crippen molar-refractivity contribution in [3.63, 3.8) is 0 Å². The van der Waals surface area contributed by atoms with Gasteiger partial charge in [0.25, 0.3) is 0 Å². The van der Waals surface area contributed by atoms with Crippen LogP contribution in [0.25, 0.3) is 0 Å². The fourth-order valence-electron chi connectivity index (χ4n) is 11.0. The van der Waals surface area contributed by atoms with Crippen LogP contribution in [0.4, 0.5) is 0 Å². The van der Waals surface area contributed by atoms with Crippen LogP contribution in [0, 0.1) is 50.2 Å². The monoisotopic (exact) mass is 498 g/mol. The number of carboxylic acids is 1. The highest BCUT2D eigenvalue weighted by atomic mass is 16.5. The second-order valence-electron chi connectivity index (χ2n) is 15.6. The number of allylic oxidation sites excluding steroid dienone is 2. The first-order chi connectivity index (χ1) is 16.5. The van der Waals surface area contributed by atoms with Gasteiger partial charge in [0.15, 0.2) is 0 Å².